The lowest BCUT2D eigenvalue weighted by Gasteiger charge is -2.19. The predicted molar refractivity (Wildman–Crippen MR) is 80.8 cm³/mol. The van der Waals surface area contributed by atoms with Crippen LogP contribution >= 0.6 is 0 Å². The normalized spacial score (nSPS) is 18.6. The Labute approximate surface area is 128 Å². The molecule has 5 nitrogen and oxygen atoms in total. The van der Waals surface area contributed by atoms with Crippen molar-refractivity contribution in [1.82, 2.24) is 14.9 Å². The zero-order valence-electron chi connectivity index (χ0n) is 12.4. The van der Waals surface area contributed by atoms with Crippen molar-refractivity contribution in [3.63, 3.8) is 0 Å². The number of benzene rings is 1. The lowest BCUT2D eigenvalue weighted by molar-refractivity contribution is 0.0935. The topological polar surface area (TPSA) is 72.9 Å². The zero-order valence-corrected chi connectivity index (χ0v) is 12.4. The fraction of sp³-hybridized carbons (Fsp3) is 0.375. The van der Waals surface area contributed by atoms with Gasteiger partial charge in [-0.25, -0.2) is 9.37 Å². The van der Waals surface area contributed by atoms with Crippen molar-refractivity contribution in [3.8, 4) is 0 Å². The molecule has 1 aromatic heterocycles. The van der Waals surface area contributed by atoms with Crippen LogP contribution in [0.1, 0.15) is 41.3 Å². The third kappa shape index (κ3) is 3.01. The summed E-state index contributed by atoms with van der Waals surface area (Å²) in [7, 11) is 0. The van der Waals surface area contributed by atoms with Crippen LogP contribution in [0.4, 0.5) is 4.39 Å². The van der Waals surface area contributed by atoms with E-state index in [0.717, 1.165) is 24.2 Å². The Kier molecular flexibility index (Phi) is 3.94. The summed E-state index contributed by atoms with van der Waals surface area (Å²) < 4.78 is 15.2. The van der Waals surface area contributed by atoms with E-state index in [2.05, 4.69) is 10.3 Å². The summed E-state index contributed by atoms with van der Waals surface area (Å²) in [4.78, 5) is 16.7. The summed E-state index contributed by atoms with van der Waals surface area (Å²) >= 11 is 0. The van der Waals surface area contributed by atoms with E-state index in [1.165, 1.54) is 12.1 Å². The summed E-state index contributed by atoms with van der Waals surface area (Å²) in [6.45, 7) is 2.51. The second-order valence-corrected chi connectivity index (χ2v) is 5.74. The molecule has 0 radical (unpaired) electrons. The maximum atomic E-state index is 13.2. The van der Waals surface area contributed by atoms with Gasteiger partial charge >= 0.3 is 0 Å². The highest BCUT2D eigenvalue weighted by atomic mass is 19.1. The third-order valence-corrected chi connectivity index (χ3v) is 3.96. The molecule has 0 saturated carbocycles. The number of nitrogens with two attached hydrogens (primary N) is 1. The largest absolute Gasteiger partial charge is 0.344 e. The molecule has 0 fully saturated rings. The minimum absolute atomic E-state index is 0.115. The third-order valence-electron chi connectivity index (χ3n) is 3.96. The van der Waals surface area contributed by atoms with Crippen molar-refractivity contribution in [2.45, 2.75) is 38.4 Å². The Bertz CT molecular complexity index is 697. The molecule has 116 valence electrons. The van der Waals surface area contributed by atoms with Crippen molar-refractivity contribution >= 4 is 5.91 Å². The van der Waals surface area contributed by atoms with Gasteiger partial charge < -0.3 is 15.6 Å². The smallest absolute Gasteiger partial charge is 0.271 e. The van der Waals surface area contributed by atoms with Gasteiger partial charge in [-0.2, -0.15) is 0 Å². The van der Waals surface area contributed by atoms with E-state index >= 15 is 0 Å². The summed E-state index contributed by atoms with van der Waals surface area (Å²) in [5.74, 6) is 0.322. The number of carbonyl (C=O) groups excluding carboxylic acids is 1. The highest BCUT2D eigenvalue weighted by Gasteiger charge is 2.21. The molecular formula is C16H19FN4O. The predicted octanol–water partition coefficient (Wildman–Crippen LogP) is 1.79. The van der Waals surface area contributed by atoms with Crippen molar-refractivity contribution in [2.75, 3.05) is 0 Å². The molecule has 3 N–H and O–H groups in total. The number of halogens is 1. The molecule has 6 heteroatoms. The molecule has 1 aliphatic rings. The number of carbonyl (C=O) groups is 1. The lowest BCUT2D eigenvalue weighted by Crippen LogP contribution is -2.31. The van der Waals surface area contributed by atoms with Gasteiger partial charge in [0.1, 0.15) is 17.3 Å². The molecule has 1 unspecified atom stereocenters. The summed E-state index contributed by atoms with van der Waals surface area (Å²) in [5, 5.41) is 2.85. The Balaban J connectivity index is 1.72. The summed E-state index contributed by atoms with van der Waals surface area (Å²) in [6, 6.07) is 6.04. The zero-order chi connectivity index (χ0) is 15.7. The first-order valence-electron chi connectivity index (χ1n) is 7.41. The molecule has 2 heterocycles. The maximum Gasteiger partial charge on any atom is 0.271 e. The minimum Gasteiger partial charge on any atom is -0.344 e. The van der Waals surface area contributed by atoms with Crippen molar-refractivity contribution < 1.29 is 9.18 Å². The molecule has 0 saturated heterocycles. The molecule has 0 spiro atoms. The van der Waals surface area contributed by atoms with E-state index in [0.29, 0.717) is 12.2 Å². The molecule has 2 aromatic rings. The van der Waals surface area contributed by atoms with Crippen LogP contribution in [0.5, 0.6) is 0 Å². The number of aryl methyl sites for hydroxylation is 1. The molecule has 1 aliphatic heterocycles. The number of imidazole rings is 1. The van der Waals surface area contributed by atoms with Crippen LogP contribution in [0.2, 0.25) is 0 Å². The molecule has 1 amide bonds. The van der Waals surface area contributed by atoms with Gasteiger partial charge in [0.2, 0.25) is 0 Å². The Morgan fingerprint density at radius 1 is 1.55 bits per heavy atom. The average molecular weight is 302 g/mol. The van der Waals surface area contributed by atoms with Gasteiger partial charge in [0, 0.05) is 25.2 Å². The van der Waals surface area contributed by atoms with Gasteiger partial charge in [0.05, 0.1) is 6.04 Å². The van der Waals surface area contributed by atoms with Crippen molar-refractivity contribution in [2.24, 2.45) is 5.73 Å². The second kappa shape index (κ2) is 5.88. The molecule has 3 rings (SSSR count). The standard InChI is InChI=1S/C16H19FN4O/c1-10(11-3-2-4-12(17)7-11)19-16(22)14-9-21-8-13(18)5-6-15(21)20-14/h2-4,7,9-10,13H,5-6,8,18H2,1H3,(H,19,22)/t10-,13?/m0/s1. The highest BCUT2D eigenvalue weighted by molar-refractivity contribution is 5.92. The number of amides is 1. The quantitative estimate of drug-likeness (QED) is 0.908. The minimum atomic E-state index is -0.315. The van der Waals surface area contributed by atoms with E-state index in [1.807, 2.05) is 11.5 Å². The number of hydrogen-bond acceptors (Lipinski definition) is 3. The number of rotatable bonds is 3. The molecule has 2 atom stereocenters. The molecular weight excluding hydrogens is 283 g/mol. The SMILES string of the molecule is C[C@H](NC(=O)c1cn2c(n1)CCC(N)C2)c1cccc(F)c1. The van der Waals surface area contributed by atoms with Crippen LogP contribution in [0.3, 0.4) is 0 Å². The molecule has 22 heavy (non-hydrogen) atoms. The van der Waals surface area contributed by atoms with Gasteiger partial charge in [0.25, 0.3) is 5.91 Å². The van der Waals surface area contributed by atoms with Crippen LogP contribution in [-0.4, -0.2) is 21.5 Å². The van der Waals surface area contributed by atoms with E-state index in [4.69, 9.17) is 5.73 Å². The molecule has 1 aromatic carbocycles. The monoisotopic (exact) mass is 302 g/mol. The first-order valence-corrected chi connectivity index (χ1v) is 7.41. The van der Waals surface area contributed by atoms with Gasteiger partial charge in [-0.1, -0.05) is 12.1 Å². The average Bonchev–Trinajstić information content (AvgIpc) is 2.90. The number of aromatic nitrogens is 2. The van der Waals surface area contributed by atoms with Gasteiger partial charge in [-0.05, 0) is 31.0 Å². The van der Waals surface area contributed by atoms with E-state index in [-0.39, 0.29) is 23.8 Å². The fourth-order valence-corrected chi connectivity index (χ4v) is 2.71. The number of nitrogens with zero attached hydrogens (tertiary/aromatic N) is 2. The van der Waals surface area contributed by atoms with Crippen LogP contribution in [0.15, 0.2) is 30.5 Å². The van der Waals surface area contributed by atoms with E-state index < -0.39 is 0 Å². The fourth-order valence-electron chi connectivity index (χ4n) is 2.71. The number of hydrogen-bond donors (Lipinski definition) is 2. The second-order valence-electron chi connectivity index (χ2n) is 5.74. The number of nitrogens with one attached hydrogen (secondary N) is 1. The van der Waals surface area contributed by atoms with Crippen LogP contribution in [0, 0.1) is 5.82 Å². The Morgan fingerprint density at radius 3 is 3.14 bits per heavy atom. The maximum absolute atomic E-state index is 13.2. The van der Waals surface area contributed by atoms with E-state index in [1.54, 1.807) is 18.3 Å². The van der Waals surface area contributed by atoms with Gasteiger partial charge in [-0.3, -0.25) is 4.79 Å². The highest BCUT2D eigenvalue weighted by Crippen LogP contribution is 2.16. The van der Waals surface area contributed by atoms with Gasteiger partial charge in [0.15, 0.2) is 0 Å². The lowest BCUT2D eigenvalue weighted by atomic mass is 10.1. The Hall–Kier alpha value is -2.21. The summed E-state index contributed by atoms with van der Waals surface area (Å²) in [5.41, 5.74) is 7.02. The molecule has 0 bridgehead atoms. The Morgan fingerprint density at radius 2 is 2.36 bits per heavy atom. The van der Waals surface area contributed by atoms with Crippen molar-refractivity contribution in [1.29, 1.82) is 0 Å². The number of fused-ring (bicyclic) bond motifs is 1. The first kappa shape index (κ1) is 14.7. The van der Waals surface area contributed by atoms with E-state index in [9.17, 15) is 9.18 Å². The van der Waals surface area contributed by atoms with Crippen LogP contribution < -0.4 is 11.1 Å². The van der Waals surface area contributed by atoms with Gasteiger partial charge in [-0.15, -0.1) is 0 Å². The molecule has 0 aliphatic carbocycles. The van der Waals surface area contributed by atoms with Crippen LogP contribution in [0.25, 0.3) is 0 Å². The van der Waals surface area contributed by atoms with Crippen molar-refractivity contribution in [3.05, 3.63) is 53.4 Å². The van der Waals surface area contributed by atoms with Crippen LogP contribution in [-0.2, 0) is 13.0 Å². The first-order chi connectivity index (χ1) is 10.5. The summed E-state index contributed by atoms with van der Waals surface area (Å²) in [6.07, 6.45) is 3.41.